The molecule has 0 unspecified atom stereocenters. The summed E-state index contributed by atoms with van der Waals surface area (Å²) in [5.41, 5.74) is 9.58. The van der Waals surface area contributed by atoms with Gasteiger partial charge in [-0.25, -0.2) is 9.98 Å². The maximum absolute atomic E-state index is 14.2. The Morgan fingerprint density at radius 1 is 0.517 bits per heavy atom. The highest BCUT2D eigenvalue weighted by Gasteiger charge is 2.35. The average Bonchev–Trinajstić information content (AvgIpc) is 3.75. The van der Waals surface area contributed by atoms with Crippen LogP contribution < -0.4 is 24.9 Å². The lowest BCUT2D eigenvalue weighted by Crippen LogP contribution is -2.32. The van der Waals surface area contributed by atoms with Crippen molar-refractivity contribution in [2.75, 3.05) is 53.1 Å². The molecule has 9 nitrogen and oxygen atoms in total. The second-order valence-electron chi connectivity index (χ2n) is 14.5. The third-order valence-corrected chi connectivity index (χ3v) is 11.3. The van der Waals surface area contributed by atoms with Crippen molar-refractivity contribution in [1.29, 1.82) is 0 Å². The summed E-state index contributed by atoms with van der Waals surface area (Å²) in [6.07, 6.45) is 3.68. The first-order valence-electron chi connectivity index (χ1n) is 18.9. The number of hydrogen-bond acceptors (Lipinski definition) is 8. The van der Waals surface area contributed by atoms with Crippen molar-refractivity contribution in [2.24, 2.45) is 9.98 Å². The minimum absolute atomic E-state index is 0.204. The average molecular weight is 778 g/mol. The molecule has 6 aromatic carbocycles. The summed E-state index contributed by atoms with van der Waals surface area (Å²) in [7, 11) is 7.99. The molecule has 0 atom stereocenters. The smallest absolute Gasteiger partial charge is 0.282 e. The van der Waals surface area contributed by atoms with Crippen LogP contribution in [0.3, 0.4) is 0 Å². The maximum Gasteiger partial charge on any atom is 0.282 e. The van der Waals surface area contributed by atoms with E-state index in [2.05, 4.69) is 5.32 Å². The molecular formula is C48H39N7O2S. The molecule has 0 aromatic heterocycles. The summed E-state index contributed by atoms with van der Waals surface area (Å²) in [4.78, 5) is 47.6. The minimum atomic E-state index is -0.204. The summed E-state index contributed by atoms with van der Waals surface area (Å²) in [6, 6.07) is 47.6. The fourth-order valence-electron chi connectivity index (χ4n) is 7.07. The van der Waals surface area contributed by atoms with Gasteiger partial charge in [-0.15, -0.1) is 0 Å². The van der Waals surface area contributed by atoms with E-state index in [9.17, 15) is 9.59 Å². The van der Waals surface area contributed by atoms with Crippen LogP contribution in [0.25, 0.3) is 12.2 Å². The molecule has 3 aliphatic heterocycles. The summed E-state index contributed by atoms with van der Waals surface area (Å²) in [5.74, 6) is 0.723. The number of amides is 2. The molecule has 2 amide bonds. The predicted octanol–water partition coefficient (Wildman–Crippen LogP) is 9.70. The van der Waals surface area contributed by atoms with Gasteiger partial charge in [-0.1, -0.05) is 96.7 Å². The molecular weight excluding hydrogens is 739 g/mol. The molecule has 0 saturated heterocycles. The first-order valence-corrected chi connectivity index (χ1v) is 19.7. The Hall–Kier alpha value is -7.17. The zero-order chi connectivity index (χ0) is 39.9. The molecule has 10 heteroatoms. The zero-order valence-electron chi connectivity index (χ0n) is 32.4. The quantitative estimate of drug-likeness (QED) is 0.155. The summed E-state index contributed by atoms with van der Waals surface area (Å²) in [6.45, 7) is 0. The van der Waals surface area contributed by atoms with E-state index in [0.717, 1.165) is 54.8 Å². The van der Waals surface area contributed by atoms with Gasteiger partial charge in [-0.05, 0) is 83.9 Å². The van der Waals surface area contributed by atoms with Crippen molar-refractivity contribution in [3.8, 4) is 0 Å². The van der Waals surface area contributed by atoms with Gasteiger partial charge in [0, 0.05) is 60.5 Å². The second-order valence-corrected chi connectivity index (χ2v) is 15.6. The van der Waals surface area contributed by atoms with Crippen LogP contribution >= 0.6 is 11.8 Å². The Balaban J connectivity index is 1.04. The number of rotatable bonds is 8. The van der Waals surface area contributed by atoms with Crippen LogP contribution in [0.2, 0.25) is 0 Å². The summed E-state index contributed by atoms with van der Waals surface area (Å²) < 4.78 is 0. The normalized spacial score (nSPS) is 15.9. The van der Waals surface area contributed by atoms with Crippen LogP contribution in [0.5, 0.6) is 0 Å². The van der Waals surface area contributed by atoms with Crippen LogP contribution in [0.4, 0.5) is 34.1 Å². The van der Waals surface area contributed by atoms with Gasteiger partial charge in [0.05, 0.1) is 22.7 Å². The number of nitrogens with zero attached hydrogens (tertiary/aromatic N) is 6. The standard InChI is InChI=1S/C48H39N7O2S/c1-52(2)35-19-15-31(16-20-35)27-41-47(56)54(45(50-41)33-11-7-5-8-12-33)37-23-25-39-43(29-37)58-44-30-38(24-26-40(44)49-39)55-46(34-13-9-6-10-14-34)51-42(48(55)57)28-32-17-21-36(22-18-32)53(3)4/h5-30,49H,1-4H3/b41-27-,42-28-. The number of fused-ring (bicyclic) bond motifs is 2. The van der Waals surface area contributed by atoms with Gasteiger partial charge in [0.25, 0.3) is 11.8 Å². The van der Waals surface area contributed by atoms with Gasteiger partial charge < -0.3 is 15.1 Å². The first-order chi connectivity index (χ1) is 28.2. The Morgan fingerprint density at radius 3 is 1.29 bits per heavy atom. The molecule has 9 rings (SSSR count). The first kappa shape index (κ1) is 36.5. The molecule has 0 radical (unpaired) electrons. The third kappa shape index (κ3) is 6.94. The van der Waals surface area contributed by atoms with Crippen molar-refractivity contribution in [3.63, 3.8) is 0 Å². The van der Waals surface area contributed by atoms with Crippen LogP contribution in [-0.2, 0) is 9.59 Å². The monoisotopic (exact) mass is 777 g/mol. The van der Waals surface area contributed by atoms with E-state index < -0.39 is 0 Å². The van der Waals surface area contributed by atoms with E-state index in [0.29, 0.717) is 34.4 Å². The second kappa shape index (κ2) is 15.1. The van der Waals surface area contributed by atoms with Gasteiger partial charge >= 0.3 is 0 Å². The lowest BCUT2D eigenvalue weighted by Gasteiger charge is -2.26. The molecule has 0 bridgehead atoms. The van der Waals surface area contributed by atoms with Gasteiger partial charge in [0.15, 0.2) is 0 Å². The van der Waals surface area contributed by atoms with Gasteiger partial charge in [-0.2, -0.15) is 0 Å². The molecule has 3 aliphatic rings. The number of carbonyl (C=O) groups excluding carboxylic acids is 2. The molecule has 58 heavy (non-hydrogen) atoms. The highest BCUT2D eigenvalue weighted by molar-refractivity contribution is 7.99. The van der Waals surface area contributed by atoms with Crippen LogP contribution in [0, 0.1) is 0 Å². The number of carbonyl (C=O) groups is 2. The van der Waals surface area contributed by atoms with E-state index in [4.69, 9.17) is 9.98 Å². The van der Waals surface area contributed by atoms with Crippen LogP contribution in [0.15, 0.2) is 177 Å². The van der Waals surface area contributed by atoms with E-state index >= 15 is 0 Å². The zero-order valence-corrected chi connectivity index (χ0v) is 33.2. The highest BCUT2D eigenvalue weighted by atomic mass is 32.2. The van der Waals surface area contributed by atoms with Crippen molar-refractivity contribution < 1.29 is 9.59 Å². The number of amidine groups is 2. The van der Waals surface area contributed by atoms with Gasteiger partial charge in [-0.3, -0.25) is 19.4 Å². The number of anilines is 6. The lowest BCUT2D eigenvalue weighted by atomic mass is 10.1. The van der Waals surface area contributed by atoms with Crippen molar-refractivity contribution in [1.82, 2.24) is 0 Å². The fourth-order valence-corrected chi connectivity index (χ4v) is 8.12. The van der Waals surface area contributed by atoms with E-state index in [1.165, 1.54) is 0 Å². The largest absolute Gasteiger partial charge is 0.378 e. The molecule has 1 N–H and O–H groups in total. The Bertz CT molecular complexity index is 2520. The molecule has 0 aliphatic carbocycles. The van der Waals surface area contributed by atoms with E-state index in [-0.39, 0.29) is 11.8 Å². The van der Waals surface area contributed by atoms with Gasteiger partial charge in [0.1, 0.15) is 23.1 Å². The number of benzene rings is 6. The summed E-state index contributed by atoms with van der Waals surface area (Å²) in [5, 5.41) is 3.57. The SMILES string of the molecule is CN(C)c1ccc(/C=C2\N=C(c3ccccc3)N(c3ccc4c(c3)Sc3cc(N5C(=O)/C(=C/c6ccc(N(C)C)cc6)N=C5c5ccccc5)ccc3N4)C2=O)cc1. The molecule has 0 fully saturated rings. The predicted molar refractivity (Wildman–Crippen MR) is 239 cm³/mol. The Kier molecular flexibility index (Phi) is 9.47. The highest BCUT2D eigenvalue weighted by Crippen LogP contribution is 2.47. The number of hydrogen-bond donors (Lipinski definition) is 1. The molecule has 284 valence electrons. The van der Waals surface area contributed by atoms with E-state index in [1.807, 2.05) is 196 Å². The van der Waals surface area contributed by atoms with Crippen molar-refractivity contribution in [2.45, 2.75) is 9.79 Å². The Morgan fingerprint density at radius 2 is 0.914 bits per heavy atom. The van der Waals surface area contributed by atoms with Crippen molar-refractivity contribution >= 4 is 81.5 Å². The fraction of sp³-hybridized carbons (Fsp3) is 0.0833. The lowest BCUT2D eigenvalue weighted by molar-refractivity contribution is -0.114. The van der Waals surface area contributed by atoms with E-state index in [1.54, 1.807) is 21.6 Å². The topological polar surface area (TPSA) is 83.8 Å². The molecule has 6 aromatic rings. The molecule has 0 spiro atoms. The van der Waals surface area contributed by atoms with Crippen molar-refractivity contribution in [3.05, 3.63) is 179 Å². The maximum atomic E-state index is 14.2. The molecule has 3 heterocycles. The Labute approximate surface area is 342 Å². The molecule has 0 saturated carbocycles. The number of nitrogens with one attached hydrogen (secondary N) is 1. The van der Waals surface area contributed by atoms with Crippen LogP contribution in [-0.4, -0.2) is 51.7 Å². The van der Waals surface area contributed by atoms with Gasteiger partial charge in [0.2, 0.25) is 0 Å². The summed E-state index contributed by atoms with van der Waals surface area (Å²) >= 11 is 1.58. The number of aliphatic imine (C=N–C) groups is 2. The minimum Gasteiger partial charge on any atom is -0.378 e. The third-order valence-electron chi connectivity index (χ3n) is 10.1. The van der Waals surface area contributed by atoms with Crippen LogP contribution in [0.1, 0.15) is 22.3 Å².